The van der Waals surface area contributed by atoms with Crippen molar-refractivity contribution >= 4 is 16.8 Å². The molecule has 1 atom stereocenters. The van der Waals surface area contributed by atoms with Crippen molar-refractivity contribution in [3.63, 3.8) is 0 Å². The maximum atomic E-state index is 13.2. The monoisotopic (exact) mass is 357 g/mol. The molecule has 2 heterocycles. The Morgan fingerprint density at radius 1 is 1.31 bits per heavy atom. The molecule has 142 valence electrons. The fraction of sp³-hybridized carbons (Fsp3) is 0.571. The van der Waals surface area contributed by atoms with Crippen LogP contribution in [0.4, 0.5) is 0 Å². The summed E-state index contributed by atoms with van der Waals surface area (Å²) >= 11 is 0. The molecular formula is C21H31N3O2. The van der Waals surface area contributed by atoms with Gasteiger partial charge in [0.25, 0.3) is 5.91 Å². The lowest BCUT2D eigenvalue weighted by Gasteiger charge is -2.42. The van der Waals surface area contributed by atoms with E-state index < -0.39 is 0 Å². The Labute approximate surface area is 156 Å². The van der Waals surface area contributed by atoms with Gasteiger partial charge in [-0.2, -0.15) is 0 Å². The molecule has 0 spiro atoms. The zero-order chi connectivity index (χ0) is 18.8. The van der Waals surface area contributed by atoms with E-state index in [0.29, 0.717) is 18.9 Å². The summed E-state index contributed by atoms with van der Waals surface area (Å²) in [5.41, 5.74) is 3.06. The first-order valence-electron chi connectivity index (χ1n) is 9.61. The quantitative estimate of drug-likeness (QED) is 0.895. The van der Waals surface area contributed by atoms with Gasteiger partial charge in [0.1, 0.15) is 5.69 Å². The number of aliphatic hydroxyl groups is 1. The number of aliphatic hydroxyl groups excluding tert-OH is 1. The van der Waals surface area contributed by atoms with Gasteiger partial charge in [-0.15, -0.1) is 0 Å². The zero-order valence-corrected chi connectivity index (χ0v) is 16.4. The van der Waals surface area contributed by atoms with Crippen molar-refractivity contribution in [3.05, 3.63) is 35.5 Å². The van der Waals surface area contributed by atoms with Gasteiger partial charge < -0.3 is 14.6 Å². The molecular weight excluding hydrogens is 326 g/mol. The van der Waals surface area contributed by atoms with Crippen LogP contribution in [0.25, 0.3) is 10.9 Å². The first-order chi connectivity index (χ1) is 12.4. The van der Waals surface area contributed by atoms with Crippen LogP contribution in [0.1, 0.15) is 36.3 Å². The number of aromatic nitrogens is 1. The first kappa shape index (κ1) is 18.9. The molecule has 5 nitrogen and oxygen atoms in total. The fourth-order valence-corrected chi connectivity index (χ4v) is 4.20. The third kappa shape index (κ3) is 3.64. The maximum absolute atomic E-state index is 13.2. The van der Waals surface area contributed by atoms with Crippen molar-refractivity contribution in [2.45, 2.75) is 33.2 Å². The molecule has 1 aliphatic heterocycles. The van der Waals surface area contributed by atoms with Gasteiger partial charge in [-0.1, -0.05) is 32.0 Å². The predicted octanol–water partition coefficient (Wildman–Crippen LogP) is 2.65. The number of piperazine rings is 1. The normalized spacial score (nSPS) is 18.8. The number of para-hydroxylation sites is 1. The Kier molecular flexibility index (Phi) is 5.68. The highest BCUT2D eigenvalue weighted by Gasteiger charge is 2.31. The number of hydrogen-bond acceptors (Lipinski definition) is 3. The molecule has 0 radical (unpaired) electrons. The van der Waals surface area contributed by atoms with Crippen LogP contribution in [-0.4, -0.2) is 64.2 Å². The van der Waals surface area contributed by atoms with Gasteiger partial charge in [0.05, 0.1) is 5.52 Å². The second-order valence-electron chi connectivity index (χ2n) is 7.91. The minimum absolute atomic E-state index is 0.0928. The van der Waals surface area contributed by atoms with Crippen LogP contribution in [0.3, 0.4) is 0 Å². The van der Waals surface area contributed by atoms with Gasteiger partial charge in [0, 0.05) is 51.3 Å². The van der Waals surface area contributed by atoms with E-state index in [1.807, 2.05) is 28.6 Å². The standard InChI is InChI=1S/C21H31N3O2/c1-15(2)13-23-9-10-24(14-18(23)8-11-25)21(26)19-12-17-7-5-6-16(3)20(17)22(19)4/h5-7,12,15,18,25H,8-11,13-14H2,1-4H3/t18-/m0/s1. The molecule has 3 rings (SSSR count). The van der Waals surface area contributed by atoms with Crippen LogP contribution in [-0.2, 0) is 7.05 Å². The lowest BCUT2D eigenvalue weighted by molar-refractivity contribution is 0.0378. The summed E-state index contributed by atoms with van der Waals surface area (Å²) < 4.78 is 2.02. The average Bonchev–Trinajstić information content (AvgIpc) is 2.94. The van der Waals surface area contributed by atoms with Crippen molar-refractivity contribution < 1.29 is 9.90 Å². The van der Waals surface area contributed by atoms with E-state index >= 15 is 0 Å². The van der Waals surface area contributed by atoms with E-state index in [0.717, 1.165) is 36.2 Å². The van der Waals surface area contributed by atoms with E-state index in [-0.39, 0.29) is 18.6 Å². The van der Waals surface area contributed by atoms with Gasteiger partial charge in [0.15, 0.2) is 0 Å². The Morgan fingerprint density at radius 3 is 2.73 bits per heavy atom. The van der Waals surface area contributed by atoms with E-state index in [4.69, 9.17) is 0 Å². The van der Waals surface area contributed by atoms with Gasteiger partial charge >= 0.3 is 0 Å². The Hall–Kier alpha value is -1.85. The van der Waals surface area contributed by atoms with Crippen LogP contribution in [0.15, 0.2) is 24.3 Å². The van der Waals surface area contributed by atoms with Crippen molar-refractivity contribution in [3.8, 4) is 0 Å². The Bertz CT molecular complexity index is 781. The second kappa shape index (κ2) is 7.80. The summed E-state index contributed by atoms with van der Waals surface area (Å²) in [7, 11) is 1.97. The van der Waals surface area contributed by atoms with Gasteiger partial charge in [-0.05, 0) is 30.9 Å². The smallest absolute Gasteiger partial charge is 0.270 e. The zero-order valence-electron chi connectivity index (χ0n) is 16.4. The van der Waals surface area contributed by atoms with Crippen molar-refractivity contribution in [1.82, 2.24) is 14.4 Å². The number of fused-ring (bicyclic) bond motifs is 1. The van der Waals surface area contributed by atoms with Crippen LogP contribution in [0.2, 0.25) is 0 Å². The largest absolute Gasteiger partial charge is 0.396 e. The minimum Gasteiger partial charge on any atom is -0.396 e. The van der Waals surface area contributed by atoms with E-state index in [1.165, 1.54) is 5.56 Å². The van der Waals surface area contributed by atoms with E-state index in [9.17, 15) is 9.90 Å². The first-order valence-corrected chi connectivity index (χ1v) is 9.61. The maximum Gasteiger partial charge on any atom is 0.270 e. The predicted molar refractivity (Wildman–Crippen MR) is 105 cm³/mol. The molecule has 1 aromatic heterocycles. The summed E-state index contributed by atoms with van der Waals surface area (Å²) in [6, 6.07) is 8.42. The molecule has 2 aromatic rings. The molecule has 1 saturated heterocycles. The second-order valence-corrected chi connectivity index (χ2v) is 7.91. The minimum atomic E-state index is 0.0928. The topological polar surface area (TPSA) is 48.7 Å². The molecule has 0 bridgehead atoms. The lowest BCUT2D eigenvalue weighted by Crippen LogP contribution is -2.55. The molecule has 0 unspecified atom stereocenters. The summed E-state index contributed by atoms with van der Waals surface area (Å²) in [5, 5.41) is 10.6. The summed E-state index contributed by atoms with van der Waals surface area (Å²) in [6.45, 7) is 9.99. The molecule has 1 aromatic carbocycles. The van der Waals surface area contributed by atoms with Crippen molar-refractivity contribution in [2.75, 3.05) is 32.8 Å². The van der Waals surface area contributed by atoms with E-state index in [2.05, 4.69) is 37.8 Å². The number of hydrogen-bond donors (Lipinski definition) is 1. The molecule has 0 saturated carbocycles. The molecule has 1 amide bonds. The number of carbonyl (C=O) groups excluding carboxylic acids is 1. The van der Waals surface area contributed by atoms with Crippen LogP contribution < -0.4 is 0 Å². The summed E-state index contributed by atoms with van der Waals surface area (Å²) in [4.78, 5) is 17.6. The summed E-state index contributed by atoms with van der Waals surface area (Å²) in [6.07, 6.45) is 0.713. The van der Waals surface area contributed by atoms with Gasteiger partial charge in [-0.3, -0.25) is 9.69 Å². The number of nitrogens with zero attached hydrogens (tertiary/aromatic N) is 3. The van der Waals surface area contributed by atoms with Gasteiger partial charge in [-0.25, -0.2) is 0 Å². The number of carbonyl (C=O) groups is 1. The molecule has 0 aliphatic carbocycles. The number of aryl methyl sites for hydroxylation is 2. The van der Waals surface area contributed by atoms with Crippen LogP contribution in [0, 0.1) is 12.8 Å². The average molecular weight is 357 g/mol. The number of rotatable bonds is 5. The van der Waals surface area contributed by atoms with Crippen molar-refractivity contribution in [1.29, 1.82) is 0 Å². The van der Waals surface area contributed by atoms with Gasteiger partial charge in [0.2, 0.25) is 0 Å². The fourth-order valence-electron chi connectivity index (χ4n) is 4.20. The molecule has 26 heavy (non-hydrogen) atoms. The SMILES string of the molecule is Cc1cccc2cc(C(=O)N3CCN(CC(C)C)[C@@H](CCO)C3)n(C)c12. The third-order valence-corrected chi connectivity index (χ3v) is 5.43. The Balaban J connectivity index is 1.82. The van der Waals surface area contributed by atoms with E-state index in [1.54, 1.807) is 0 Å². The number of amides is 1. The molecule has 1 aliphatic rings. The highest BCUT2D eigenvalue weighted by atomic mass is 16.3. The highest BCUT2D eigenvalue weighted by molar-refractivity contribution is 5.99. The Morgan fingerprint density at radius 2 is 2.08 bits per heavy atom. The van der Waals surface area contributed by atoms with Crippen LogP contribution in [0.5, 0.6) is 0 Å². The van der Waals surface area contributed by atoms with Crippen LogP contribution >= 0.6 is 0 Å². The van der Waals surface area contributed by atoms with Crippen molar-refractivity contribution in [2.24, 2.45) is 13.0 Å². The molecule has 1 N–H and O–H groups in total. The molecule has 1 fully saturated rings. The number of benzene rings is 1. The highest BCUT2D eigenvalue weighted by Crippen LogP contribution is 2.24. The molecule has 5 heteroatoms. The third-order valence-electron chi connectivity index (χ3n) is 5.43. The lowest BCUT2D eigenvalue weighted by atomic mass is 10.1. The summed E-state index contributed by atoms with van der Waals surface area (Å²) in [5.74, 6) is 0.676.